The molecule has 0 saturated carbocycles. The van der Waals surface area contributed by atoms with E-state index >= 15 is 0 Å². The van der Waals surface area contributed by atoms with Gasteiger partial charge in [0.1, 0.15) is 5.75 Å². The molecule has 4 nitrogen and oxygen atoms in total. The van der Waals surface area contributed by atoms with Gasteiger partial charge in [0.2, 0.25) is 5.91 Å². The van der Waals surface area contributed by atoms with Crippen LogP contribution in [-0.2, 0) is 17.9 Å². The molecule has 0 atom stereocenters. The number of amides is 1. The third-order valence-corrected chi connectivity index (χ3v) is 4.94. The van der Waals surface area contributed by atoms with Crippen LogP contribution in [0.15, 0.2) is 60.7 Å². The number of likely N-dealkylation sites (N-methyl/N-ethyl adjacent to an activating group) is 2. The highest BCUT2D eigenvalue weighted by atomic mass is 16.5. The van der Waals surface area contributed by atoms with Gasteiger partial charge in [-0.2, -0.15) is 0 Å². The highest BCUT2D eigenvalue weighted by Gasteiger charge is 2.13. The molecule has 0 radical (unpaired) electrons. The van der Waals surface area contributed by atoms with E-state index in [1.807, 2.05) is 26.2 Å². The second-order valence-corrected chi connectivity index (χ2v) is 7.46. The van der Waals surface area contributed by atoms with Crippen LogP contribution < -0.4 is 4.74 Å². The van der Waals surface area contributed by atoms with Crippen molar-refractivity contribution in [3.8, 4) is 5.75 Å². The highest BCUT2D eigenvalue weighted by molar-refractivity contribution is 5.84. The van der Waals surface area contributed by atoms with Gasteiger partial charge < -0.3 is 9.64 Å². The summed E-state index contributed by atoms with van der Waals surface area (Å²) in [7, 11) is 5.52. The lowest BCUT2D eigenvalue weighted by molar-refractivity contribution is -0.131. The van der Waals surface area contributed by atoms with Crippen molar-refractivity contribution in [3.05, 3.63) is 77.4 Å². The van der Waals surface area contributed by atoms with Gasteiger partial charge in [0.15, 0.2) is 0 Å². The second-order valence-electron chi connectivity index (χ2n) is 7.46. The van der Waals surface area contributed by atoms with Crippen molar-refractivity contribution in [2.24, 2.45) is 0 Å². The Morgan fingerprint density at radius 1 is 0.857 bits per heavy atom. The molecule has 3 aromatic carbocycles. The summed E-state index contributed by atoms with van der Waals surface area (Å²) in [6, 6.07) is 20.8. The number of hydrogen-bond acceptors (Lipinski definition) is 3. The quantitative estimate of drug-likeness (QED) is 0.618. The molecular weight excluding hydrogens is 348 g/mol. The molecule has 3 aromatic rings. The Balaban J connectivity index is 1.58. The van der Waals surface area contributed by atoms with E-state index in [0.717, 1.165) is 28.6 Å². The average molecular weight is 377 g/mol. The summed E-state index contributed by atoms with van der Waals surface area (Å²) < 4.78 is 5.28. The van der Waals surface area contributed by atoms with Crippen LogP contribution in [0.4, 0.5) is 0 Å². The fourth-order valence-electron chi connectivity index (χ4n) is 3.27. The van der Waals surface area contributed by atoms with Crippen LogP contribution in [0.5, 0.6) is 5.75 Å². The Hall–Kier alpha value is -2.85. The summed E-state index contributed by atoms with van der Waals surface area (Å²) in [6.45, 7) is 3.83. The molecule has 28 heavy (non-hydrogen) atoms. The van der Waals surface area contributed by atoms with Gasteiger partial charge in [-0.1, -0.05) is 48.0 Å². The first-order valence-corrected chi connectivity index (χ1v) is 9.49. The molecule has 0 aliphatic rings. The van der Waals surface area contributed by atoms with Crippen LogP contribution in [0.1, 0.15) is 16.7 Å². The molecule has 0 spiro atoms. The number of rotatable bonds is 7. The predicted octanol–water partition coefficient (Wildman–Crippen LogP) is 4.25. The molecular formula is C24H28N2O2. The number of aryl methyl sites for hydroxylation is 1. The van der Waals surface area contributed by atoms with Gasteiger partial charge >= 0.3 is 0 Å². The lowest BCUT2D eigenvalue weighted by Gasteiger charge is -2.22. The predicted molar refractivity (Wildman–Crippen MR) is 114 cm³/mol. The van der Waals surface area contributed by atoms with Crippen LogP contribution >= 0.6 is 0 Å². The normalized spacial score (nSPS) is 11.0. The zero-order chi connectivity index (χ0) is 20.1. The van der Waals surface area contributed by atoms with E-state index in [2.05, 4.69) is 60.4 Å². The lowest BCUT2D eigenvalue weighted by atomic mass is 10.1. The van der Waals surface area contributed by atoms with Crippen LogP contribution in [-0.4, -0.2) is 43.5 Å². The van der Waals surface area contributed by atoms with E-state index in [1.165, 1.54) is 11.1 Å². The molecule has 1 amide bonds. The maximum absolute atomic E-state index is 12.6. The minimum atomic E-state index is 0.115. The molecule has 0 fully saturated rings. The van der Waals surface area contributed by atoms with Gasteiger partial charge in [-0.05, 0) is 54.1 Å². The maximum Gasteiger partial charge on any atom is 0.236 e. The molecule has 0 heterocycles. The third-order valence-electron chi connectivity index (χ3n) is 4.94. The Bertz CT molecular complexity index is 950. The standard InChI is InChI=1S/C24H28N2O2/c1-18-5-7-19(8-6-18)15-25(2)17-24(27)26(3)16-20-9-10-22-14-23(28-4)12-11-21(22)13-20/h5-14H,15-17H2,1-4H3. The Labute approximate surface area is 167 Å². The molecule has 0 saturated heterocycles. The van der Waals surface area contributed by atoms with E-state index in [0.29, 0.717) is 13.1 Å². The molecule has 0 bridgehead atoms. The van der Waals surface area contributed by atoms with E-state index < -0.39 is 0 Å². The van der Waals surface area contributed by atoms with E-state index in [-0.39, 0.29) is 5.91 Å². The van der Waals surface area contributed by atoms with Gasteiger partial charge in [0.05, 0.1) is 13.7 Å². The van der Waals surface area contributed by atoms with Gasteiger partial charge in [-0.3, -0.25) is 9.69 Å². The largest absolute Gasteiger partial charge is 0.497 e. The number of carbonyl (C=O) groups excluding carboxylic acids is 1. The SMILES string of the molecule is COc1ccc2cc(CN(C)C(=O)CN(C)Cc3ccc(C)cc3)ccc2c1. The van der Waals surface area contributed by atoms with Crippen molar-refractivity contribution in [1.29, 1.82) is 0 Å². The summed E-state index contributed by atoms with van der Waals surface area (Å²) in [6.07, 6.45) is 0. The smallest absolute Gasteiger partial charge is 0.236 e. The molecule has 3 rings (SSSR count). The van der Waals surface area contributed by atoms with Crippen molar-refractivity contribution >= 4 is 16.7 Å². The summed E-state index contributed by atoms with van der Waals surface area (Å²) >= 11 is 0. The molecule has 0 aliphatic carbocycles. The molecule has 146 valence electrons. The summed E-state index contributed by atoms with van der Waals surface area (Å²) in [5.74, 6) is 0.966. The average Bonchev–Trinajstić information content (AvgIpc) is 2.69. The first-order valence-electron chi connectivity index (χ1n) is 9.49. The van der Waals surface area contributed by atoms with E-state index in [4.69, 9.17) is 4.74 Å². The summed E-state index contributed by atoms with van der Waals surface area (Å²) in [5.41, 5.74) is 3.58. The lowest BCUT2D eigenvalue weighted by Crippen LogP contribution is -2.36. The van der Waals surface area contributed by atoms with Crippen LogP contribution in [0.25, 0.3) is 10.8 Å². The molecule has 0 N–H and O–H groups in total. The monoisotopic (exact) mass is 376 g/mol. The second kappa shape index (κ2) is 8.89. The fourth-order valence-corrected chi connectivity index (χ4v) is 3.27. The van der Waals surface area contributed by atoms with Gasteiger partial charge in [0.25, 0.3) is 0 Å². The molecule has 0 aromatic heterocycles. The van der Waals surface area contributed by atoms with Gasteiger partial charge in [-0.25, -0.2) is 0 Å². The van der Waals surface area contributed by atoms with E-state index in [9.17, 15) is 4.79 Å². The van der Waals surface area contributed by atoms with Crippen molar-refractivity contribution < 1.29 is 9.53 Å². The maximum atomic E-state index is 12.6. The molecule has 0 aliphatic heterocycles. The van der Waals surface area contributed by atoms with Crippen LogP contribution in [0.3, 0.4) is 0 Å². The van der Waals surface area contributed by atoms with Crippen molar-refractivity contribution in [1.82, 2.24) is 9.80 Å². The number of carbonyl (C=O) groups is 1. The zero-order valence-corrected chi connectivity index (χ0v) is 17.1. The summed E-state index contributed by atoms with van der Waals surface area (Å²) in [5, 5.41) is 2.28. The minimum absolute atomic E-state index is 0.115. The number of ether oxygens (including phenoxy) is 1. The molecule has 4 heteroatoms. The number of hydrogen-bond donors (Lipinski definition) is 0. The third kappa shape index (κ3) is 5.11. The fraction of sp³-hybridized carbons (Fsp3) is 0.292. The van der Waals surface area contributed by atoms with Crippen LogP contribution in [0, 0.1) is 6.92 Å². The zero-order valence-electron chi connectivity index (χ0n) is 17.1. The van der Waals surface area contributed by atoms with Crippen LogP contribution in [0.2, 0.25) is 0 Å². The Morgan fingerprint density at radius 3 is 2.21 bits per heavy atom. The van der Waals surface area contributed by atoms with Crippen molar-refractivity contribution in [2.75, 3.05) is 27.7 Å². The number of methoxy groups -OCH3 is 1. The van der Waals surface area contributed by atoms with Gasteiger partial charge in [-0.15, -0.1) is 0 Å². The van der Waals surface area contributed by atoms with Crippen molar-refractivity contribution in [2.45, 2.75) is 20.0 Å². The summed E-state index contributed by atoms with van der Waals surface area (Å²) in [4.78, 5) is 16.5. The number of nitrogens with zero attached hydrogens (tertiary/aromatic N) is 2. The van der Waals surface area contributed by atoms with Gasteiger partial charge in [0, 0.05) is 20.1 Å². The topological polar surface area (TPSA) is 32.8 Å². The Morgan fingerprint density at radius 2 is 1.50 bits per heavy atom. The number of fused-ring (bicyclic) bond motifs is 1. The molecule has 0 unspecified atom stereocenters. The number of benzene rings is 3. The minimum Gasteiger partial charge on any atom is -0.497 e. The first-order chi connectivity index (χ1) is 13.4. The van der Waals surface area contributed by atoms with Crippen molar-refractivity contribution in [3.63, 3.8) is 0 Å². The highest BCUT2D eigenvalue weighted by Crippen LogP contribution is 2.22. The first kappa shape index (κ1) is 19.9. The van der Waals surface area contributed by atoms with E-state index in [1.54, 1.807) is 12.0 Å². The Kier molecular flexibility index (Phi) is 6.32.